The summed E-state index contributed by atoms with van der Waals surface area (Å²) in [5.74, 6) is -0.120. The van der Waals surface area contributed by atoms with Crippen LogP contribution in [0.5, 0.6) is 0 Å². The fraction of sp³-hybridized carbons (Fsp3) is 0.684. The molecule has 0 rings (SSSR count). The molecule has 0 radical (unpaired) electrons. The van der Waals surface area contributed by atoms with Crippen molar-refractivity contribution in [2.24, 2.45) is 0 Å². The van der Waals surface area contributed by atoms with E-state index in [0.717, 1.165) is 31.0 Å². The number of allylic oxidation sites excluding steroid dienone is 1. The van der Waals surface area contributed by atoms with E-state index in [-0.39, 0.29) is 11.0 Å². The maximum Gasteiger partial charge on any atom is 0.244 e. The maximum absolute atomic E-state index is 11.6. The van der Waals surface area contributed by atoms with Crippen LogP contribution in [0.15, 0.2) is 23.6 Å². The minimum absolute atomic E-state index is 0.0264. The Morgan fingerprint density at radius 2 is 1.52 bits per heavy atom. The van der Waals surface area contributed by atoms with Gasteiger partial charge in [0.05, 0.1) is 0 Å². The Morgan fingerprint density at radius 3 is 2.26 bits per heavy atom. The maximum atomic E-state index is 11.6. The lowest BCUT2D eigenvalue weighted by Crippen LogP contribution is -2.21. The van der Waals surface area contributed by atoms with E-state index >= 15 is 0 Å². The molecule has 0 aromatic rings. The number of unbranched alkanes of at least 4 members (excludes halogenated alkanes) is 8. The van der Waals surface area contributed by atoms with Gasteiger partial charge in [0.15, 0.2) is 0 Å². The molecule has 0 saturated heterocycles. The third-order valence-electron chi connectivity index (χ3n) is 3.46. The van der Waals surface area contributed by atoms with E-state index in [1.807, 2.05) is 6.08 Å². The van der Waals surface area contributed by atoms with Crippen LogP contribution >= 0.6 is 11.8 Å². The van der Waals surface area contributed by atoms with Gasteiger partial charge in [-0.05, 0) is 30.7 Å². The zero-order valence-electron chi connectivity index (χ0n) is 14.8. The highest BCUT2D eigenvalue weighted by Gasteiger charge is 1.97. The first-order chi connectivity index (χ1) is 11.2. The van der Waals surface area contributed by atoms with Crippen molar-refractivity contribution >= 4 is 22.8 Å². The van der Waals surface area contributed by atoms with Crippen LogP contribution in [0, 0.1) is 0 Å². The van der Waals surface area contributed by atoms with Gasteiger partial charge >= 0.3 is 0 Å². The second-order valence-electron chi connectivity index (χ2n) is 5.70. The topological polar surface area (TPSA) is 46.2 Å². The first-order valence-electron chi connectivity index (χ1n) is 9.02. The molecule has 0 aliphatic carbocycles. The van der Waals surface area contributed by atoms with E-state index in [2.05, 4.69) is 19.2 Å². The number of amides is 1. The minimum Gasteiger partial charge on any atom is -0.353 e. The molecule has 0 aliphatic rings. The molecule has 132 valence electrons. The number of rotatable bonds is 14. The van der Waals surface area contributed by atoms with Crippen LogP contribution in [0.1, 0.15) is 78.1 Å². The predicted octanol–water partition coefficient (Wildman–Crippen LogP) is 5.37. The number of nitrogens with one attached hydrogen (secondary N) is 1. The van der Waals surface area contributed by atoms with E-state index in [4.69, 9.17) is 0 Å². The monoisotopic (exact) mass is 339 g/mol. The summed E-state index contributed by atoms with van der Waals surface area (Å²) in [6.07, 6.45) is 16.7. The normalized spacial score (nSPS) is 11.4. The number of carbonyl (C=O) groups is 2. The molecule has 0 unspecified atom stereocenters. The molecular weight excluding hydrogens is 306 g/mol. The molecule has 3 nitrogen and oxygen atoms in total. The van der Waals surface area contributed by atoms with Crippen LogP contribution in [-0.4, -0.2) is 17.6 Å². The number of hydrogen-bond acceptors (Lipinski definition) is 3. The molecule has 0 aromatic heterocycles. The smallest absolute Gasteiger partial charge is 0.244 e. The molecule has 0 spiro atoms. The Kier molecular flexibility index (Phi) is 16.5. The van der Waals surface area contributed by atoms with Crippen molar-refractivity contribution in [3.05, 3.63) is 23.6 Å². The Balaban J connectivity index is 3.58. The third-order valence-corrected chi connectivity index (χ3v) is 4.10. The van der Waals surface area contributed by atoms with Gasteiger partial charge in [0, 0.05) is 12.6 Å². The van der Waals surface area contributed by atoms with Gasteiger partial charge in [-0.3, -0.25) is 9.59 Å². The van der Waals surface area contributed by atoms with Gasteiger partial charge in [0.2, 0.25) is 11.0 Å². The highest BCUT2D eigenvalue weighted by Crippen LogP contribution is 2.07. The zero-order chi connectivity index (χ0) is 17.2. The number of hydrogen-bond donors (Lipinski definition) is 1. The Bertz CT molecular complexity index is 364. The van der Waals surface area contributed by atoms with Crippen molar-refractivity contribution in [3.8, 4) is 0 Å². The molecule has 0 aromatic carbocycles. The van der Waals surface area contributed by atoms with Crippen molar-refractivity contribution in [1.82, 2.24) is 5.32 Å². The van der Waals surface area contributed by atoms with Gasteiger partial charge in [0.25, 0.3) is 0 Å². The average Bonchev–Trinajstić information content (AvgIpc) is 2.54. The van der Waals surface area contributed by atoms with Crippen LogP contribution in [0.2, 0.25) is 0 Å². The predicted molar refractivity (Wildman–Crippen MR) is 101 cm³/mol. The summed E-state index contributed by atoms with van der Waals surface area (Å²) in [7, 11) is 0. The molecular formula is C19H33NO2S. The number of carbonyl (C=O) groups excluding carboxylic acids is 2. The van der Waals surface area contributed by atoms with Crippen LogP contribution in [0.25, 0.3) is 0 Å². The SMILES string of the molecule is CCCCC/C=C/C(=O)S/C=C\C(=O)NCCCCCCCC. The fourth-order valence-electron chi connectivity index (χ4n) is 2.07. The second kappa shape index (κ2) is 17.3. The van der Waals surface area contributed by atoms with Gasteiger partial charge in [-0.2, -0.15) is 0 Å². The Labute approximate surface area is 146 Å². The summed E-state index contributed by atoms with van der Waals surface area (Å²) in [6.45, 7) is 5.08. The van der Waals surface area contributed by atoms with Crippen LogP contribution in [-0.2, 0) is 9.59 Å². The van der Waals surface area contributed by atoms with Gasteiger partial charge in [0.1, 0.15) is 0 Å². The molecule has 1 amide bonds. The van der Waals surface area contributed by atoms with Crippen LogP contribution in [0.3, 0.4) is 0 Å². The quantitative estimate of drug-likeness (QED) is 0.342. The second-order valence-corrected chi connectivity index (χ2v) is 6.61. The lowest BCUT2D eigenvalue weighted by atomic mass is 10.1. The van der Waals surface area contributed by atoms with Gasteiger partial charge < -0.3 is 5.32 Å². The summed E-state index contributed by atoms with van der Waals surface area (Å²) in [5.41, 5.74) is 0. The summed E-state index contributed by atoms with van der Waals surface area (Å²) in [4.78, 5) is 23.1. The zero-order valence-corrected chi connectivity index (χ0v) is 15.6. The minimum atomic E-state index is -0.120. The summed E-state index contributed by atoms with van der Waals surface area (Å²) in [5, 5.41) is 4.38. The molecule has 0 heterocycles. The number of thioether (sulfide) groups is 1. The van der Waals surface area contributed by atoms with Crippen molar-refractivity contribution in [2.75, 3.05) is 6.54 Å². The highest BCUT2D eigenvalue weighted by molar-refractivity contribution is 8.16. The van der Waals surface area contributed by atoms with Crippen molar-refractivity contribution < 1.29 is 9.59 Å². The molecule has 0 bridgehead atoms. The van der Waals surface area contributed by atoms with E-state index < -0.39 is 0 Å². The lowest BCUT2D eigenvalue weighted by Gasteiger charge is -2.02. The first kappa shape index (κ1) is 22.0. The molecule has 4 heteroatoms. The largest absolute Gasteiger partial charge is 0.353 e. The van der Waals surface area contributed by atoms with E-state index in [0.29, 0.717) is 6.54 Å². The lowest BCUT2D eigenvalue weighted by molar-refractivity contribution is -0.116. The highest BCUT2D eigenvalue weighted by atomic mass is 32.2. The Morgan fingerprint density at radius 1 is 0.870 bits per heavy atom. The molecule has 0 aliphatic heterocycles. The summed E-state index contributed by atoms with van der Waals surface area (Å²) in [6, 6.07) is 0. The van der Waals surface area contributed by atoms with E-state index in [1.165, 1.54) is 51.0 Å². The standard InChI is InChI=1S/C19H33NO2S/c1-3-5-7-9-11-13-16-20-18(21)15-17-23-19(22)14-12-10-8-6-4-2/h12,14-15,17H,3-11,13,16H2,1-2H3,(H,20,21)/b14-12+,17-15-. The molecule has 0 fully saturated rings. The third kappa shape index (κ3) is 17.2. The average molecular weight is 340 g/mol. The van der Waals surface area contributed by atoms with Crippen LogP contribution < -0.4 is 5.32 Å². The van der Waals surface area contributed by atoms with Gasteiger partial charge in [-0.1, -0.05) is 76.6 Å². The molecule has 23 heavy (non-hydrogen) atoms. The summed E-state index contributed by atoms with van der Waals surface area (Å²) < 4.78 is 0. The summed E-state index contributed by atoms with van der Waals surface area (Å²) >= 11 is 1.05. The Hall–Kier alpha value is -1.03. The molecule has 0 atom stereocenters. The van der Waals surface area contributed by atoms with E-state index in [9.17, 15) is 9.59 Å². The molecule has 0 saturated carbocycles. The fourth-order valence-corrected chi connectivity index (χ4v) is 2.57. The first-order valence-corrected chi connectivity index (χ1v) is 9.90. The molecule has 1 N–H and O–H groups in total. The van der Waals surface area contributed by atoms with Crippen molar-refractivity contribution in [2.45, 2.75) is 78.1 Å². The van der Waals surface area contributed by atoms with Crippen molar-refractivity contribution in [3.63, 3.8) is 0 Å². The van der Waals surface area contributed by atoms with Crippen LogP contribution in [0.4, 0.5) is 0 Å². The van der Waals surface area contributed by atoms with E-state index in [1.54, 1.807) is 11.5 Å². The van der Waals surface area contributed by atoms with Gasteiger partial charge in [-0.15, -0.1) is 0 Å². The van der Waals surface area contributed by atoms with Crippen molar-refractivity contribution in [1.29, 1.82) is 0 Å². The van der Waals surface area contributed by atoms with Gasteiger partial charge in [-0.25, -0.2) is 0 Å².